The maximum Gasteiger partial charge on any atom is 0.339 e. The third-order valence-corrected chi connectivity index (χ3v) is 2.83. The number of aromatic nitrogens is 2. The minimum Gasteiger partial charge on any atom is -0.496 e. The van der Waals surface area contributed by atoms with Crippen molar-refractivity contribution < 1.29 is 14.6 Å². The lowest BCUT2D eigenvalue weighted by Crippen LogP contribution is -2.22. The van der Waals surface area contributed by atoms with Crippen LogP contribution in [0.5, 0.6) is 5.75 Å². The van der Waals surface area contributed by atoms with E-state index in [9.17, 15) is 9.59 Å². The standard InChI is InChI=1S/C14H14N2O4/c1-9-5-13(17)16(15-7-9)8-10-3-4-12(20-2)11(6-10)14(18)19/h3-7H,8H2,1-2H3,(H,18,19). The van der Waals surface area contributed by atoms with Gasteiger partial charge in [0.2, 0.25) is 0 Å². The second-order valence-electron chi connectivity index (χ2n) is 4.37. The lowest BCUT2D eigenvalue weighted by Gasteiger charge is -2.08. The van der Waals surface area contributed by atoms with Crippen LogP contribution >= 0.6 is 0 Å². The molecule has 0 radical (unpaired) electrons. The highest BCUT2D eigenvalue weighted by Crippen LogP contribution is 2.20. The maximum atomic E-state index is 11.7. The number of rotatable bonds is 4. The molecule has 1 aromatic carbocycles. The third kappa shape index (κ3) is 2.85. The number of hydrogen-bond acceptors (Lipinski definition) is 4. The third-order valence-electron chi connectivity index (χ3n) is 2.83. The van der Waals surface area contributed by atoms with E-state index in [1.165, 1.54) is 23.9 Å². The molecule has 0 aliphatic heterocycles. The normalized spacial score (nSPS) is 10.3. The molecule has 0 fully saturated rings. The summed E-state index contributed by atoms with van der Waals surface area (Å²) in [5.74, 6) is -0.793. The Bertz CT molecular complexity index is 707. The first-order chi connectivity index (χ1) is 9.51. The predicted octanol–water partition coefficient (Wildman–Crippen LogP) is 1.31. The number of aryl methyl sites for hydroxylation is 1. The Morgan fingerprint density at radius 3 is 2.75 bits per heavy atom. The highest BCUT2D eigenvalue weighted by molar-refractivity contribution is 5.91. The zero-order valence-corrected chi connectivity index (χ0v) is 11.2. The van der Waals surface area contributed by atoms with Crippen LogP contribution in [-0.4, -0.2) is 28.0 Å². The van der Waals surface area contributed by atoms with Gasteiger partial charge in [0.05, 0.1) is 19.9 Å². The summed E-state index contributed by atoms with van der Waals surface area (Å²) in [6, 6.07) is 6.24. The summed E-state index contributed by atoms with van der Waals surface area (Å²) in [6.07, 6.45) is 1.59. The van der Waals surface area contributed by atoms with Gasteiger partial charge in [0, 0.05) is 6.07 Å². The number of hydrogen-bond donors (Lipinski definition) is 1. The van der Waals surface area contributed by atoms with E-state index in [2.05, 4.69) is 5.10 Å². The van der Waals surface area contributed by atoms with Crippen molar-refractivity contribution in [3.05, 3.63) is 57.5 Å². The van der Waals surface area contributed by atoms with Crippen molar-refractivity contribution in [2.24, 2.45) is 0 Å². The quantitative estimate of drug-likeness (QED) is 0.909. The lowest BCUT2D eigenvalue weighted by atomic mass is 10.1. The Morgan fingerprint density at radius 1 is 1.40 bits per heavy atom. The van der Waals surface area contributed by atoms with Gasteiger partial charge in [-0.2, -0.15) is 5.10 Å². The zero-order valence-electron chi connectivity index (χ0n) is 11.2. The molecule has 0 bridgehead atoms. The molecule has 0 spiro atoms. The van der Waals surface area contributed by atoms with Crippen LogP contribution in [-0.2, 0) is 6.54 Å². The molecule has 1 N–H and O–H groups in total. The molecule has 2 aromatic rings. The van der Waals surface area contributed by atoms with Crippen LogP contribution in [0.1, 0.15) is 21.5 Å². The van der Waals surface area contributed by atoms with Gasteiger partial charge in [-0.05, 0) is 30.2 Å². The first-order valence-corrected chi connectivity index (χ1v) is 5.95. The highest BCUT2D eigenvalue weighted by atomic mass is 16.5. The molecule has 1 aromatic heterocycles. The van der Waals surface area contributed by atoms with Crippen LogP contribution < -0.4 is 10.3 Å². The van der Waals surface area contributed by atoms with Gasteiger partial charge in [-0.3, -0.25) is 4.79 Å². The van der Waals surface area contributed by atoms with Gasteiger partial charge >= 0.3 is 5.97 Å². The maximum absolute atomic E-state index is 11.7. The first kappa shape index (κ1) is 13.8. The molecular weight excluding hydrogens is 260 g/mol. The Hall–Kier alpha value is -2.63. The molecule has 0 aliphatic rings. The number of carbonyl (C=O) groups is 1. The lowest BCUT2D eigenvalue weighted by molar-refractivity contribution is 0.0693. The van der Waals surface area contributed by atoms with Crippen molar-refractivity contribution in [1.29, 1.82) is 0 Å². The Labute approximate surface area is 115 Å². The van der Waals surface area contributed by atoms with Crippen molar-refractivity contribution in [2.45, 2.75) is 13.5 Å². The molecular formula is C14H14N2O4. The second kappa shape index (κ2) is 5.56. The number of ether oxygens (including phenoxy) is 1. The minimum atomic E-state index is -1.08. The number of benzene rings is 1. The first-order valence-electron chi connectivity index (χ1n) is 5.95. The number of carboxylic acid groups (broad SMARTS) is 1. The monoisotopic (exact) mass is 274 g/mol. The summed E-state index contributed by atoms with van der Waals surface area (Å²) in [7, 11) is 1.41. The smallest absolute Gasteiger partial charge is 0.339 e. The molecule has 0 saturated carbocycles. The highest BCUT2D eigenvalue weighted by Gasteiger charge is 2.12. The van der Waals surface area contributed by atoms with Crippen molar-refractivity contribution in [3.8, 4) is 5.75 Å². The van der Waals surface area contributed by atoms with Gasteiger partial charge in [0.15, 0.2) is 0 Å². The van der Waals surface area contributed by atoms with E-state index in [-0.39, 0.29) is 23.4 Å². The number of nitrogens with zero attached hydrogens (tertiary/aromatic N) is 2. The number of carboxylic acids is 1. The fourth-order valence-corrected chi connectivity index (χ4v) is 1.84. The zero-order chi connectivity index (χ0) is 14.7. The fourth-order valence-electron chi connectivity index (χ4n) is 1.84. The van der Waals surface area contributed by atoms with E-state index in [0.717, 1.165) is 5.56 Å². The molecule has 0 aliphatic carbocycles. The average molecular weight is 274 g/mol. The average Bonchev–Trinajstić information content (AvgIpc) is 2.41. The fraction of sp³-hybridized carbons (Fsp3) is 0.214. The topological polar surface area (TPSA) is 81.4 Å². The molecule has 1 heterocycles. The van der Waals surface area contributed by atoms with E-state index >= 15 is 0 Å². The molecule has 2 rings (SSSR count). The van der Waals surface area contributed by atoms with Crippen LogP contribution in [0.4, 0.5) is 0 Å². The van der Waals surface area contributed by atoms with E-state index in [0.29, 0.717) is 5.56 Å². The predicted molar refractivity (Wildman–Crippen MR) is 72.3 cm³/mol. The minimum absolute atomic E-state index is 0.0603. The summed E-state index contributed by atoms with van der Waals surface area (Å²) >= 11 is 0. The Morgan fingerprint density at radius 2 is 2.15 bits per heavy atom. The molecule has 6 heteroatoms. The van der Waals surface area contributed by atoms with Crippen molar-refractivity contribution >= 4 is 5.97 Å². The molecule has 0 amide bonds. The summed E-state index contributed by atoms with van der Waals surface area (Å²) in [4.78, 5) is 22.9. The van der Waals surface area contributed by atoms with Crippen LogP contribution in [0.15, 0.2) is 35.3 Å². The Kier molecular flexibility index (Phi) is 3.84. The number of methoxy groups -OCH3 is 1. The molecule has 104 valence electrons. The molecule has 6 nitrogen and oxygen atoms in total. The van der Waals surface area contributed by atoms with E-state index in [1.54, 1.807) is 25.3 Å². The summed E-state index contributed by atoms with van der Waals surface area (Å²) in [5, 5.41) is 13.1. The van der Waals surface area contributed by atoms with Crippen LogP contribution in [0.3, 0.4) is 0 Å². The largest absolute Gasteiger partial charge is 0.496 e. The van der Waals surface area contributed by atoms with Crippen molar-refractivity contribution in [3.63, 3.8) is 0 Å². The summed E-state index contributed by atoms with van der Waals surface area (Å²) < 4.78 is 6.26. The van der Waals surface area contributed by atoms with Crippen LogP contribution in [0.25, 0.3) is 0 Å². The van der Waals surface area contributed by atoms with Crippen LogP contribution in [0.2, 0.25) is 0 Å². The van der Waals surface area contributed by atoms with Gasteiger partial charge in [-0.15, -0.1) is 0 Å². The van der Waals surface area contributed by atoms with Crippen molar-refractivity contribution in [2.75, 3.05) is 7.11 Å². The molecule has 0 unspecified atom stereocenters. The molecule has 0 atom stereocenters. The van der Waals surface area contributed by atoms with Gasteiger partial charge in [-0.1, -0.05) is 6.07 Å². The van der Waals surface area contributed by atoms with Crippen molar-refractivity contribution in [1.82, 2.24) is 9.78 Å². The molecule has 0 saturated heterocycles. The van der Waals surface area contributed by atoms with E-state index in [4.69, 9.17) is 9.84 Å². The van der Waals surface area contributed by atoms with Gasteiger partial charge in [0.25, 0.3) is 5.56 Å². The summed E-state index contributed by atoms with van der Waals surface area (Å²) in [5.41, 5.74) is 1.29. The number of aromatic carboxylic acids is 1. The second-order valence-corrected chi connectivity index (χ2v) is 4.37. The van der Waals surface area contributed by atoms with E-state index < -0.39 is 5.97 Å². The van der Waals surface area contributed by atoms with E-state index in [1.807, 2.05) is 0 Å². The van der Waals surface area contributed by atoms with Gasteiger partial charge in [0.1, 0.15) is 11.3 Å². The Balaban J connectivity index is 2.37. The summed E-state index contributed by atoms with van der Waals surface area (Å²) in [6.45, 7) is 2.00. The SMILES string of the molecule is COc1ccc(Cn2ncc(C)cc2=O)cc1C(=O)O. The van der Waals surface area contributed by atoms with Gasteiger partial charge < -0.3 is 9.84 Å². The van der Waals surface area contributed by atoms with Crippen LogP contribution in [0, 0.1) is 6.92 Å². The molecule has 20 heavy (non-hydrogen) atoms. The van der Waals surface area contributed by atoms with Gasteiger partial charge in [-0.25, -0.2) is 9.48 Å².